The van der Waals surface area contributed by atoms with E-state index in [2.05, 4.69) is 20.3 Å². The highest BCUT2D eigenvalue weighted by atomic mass is 35.5. The maximum atomic E-state index is 14.2. The highest BCUT2D eigenvalue weighted by Gasteiger charge is 2.34. The number of carbonyl (C=O) groups excluding carboxylic acids is 1. The van der Waals surface area contributed by atoms with Gasteiger partial charge in [0.1, 0.15) is 6.17 Å². The lowest BCUT2D eigenvalue weighted by molar-refractivity contribution is 0.0947. The van der Waals surface area contributed by atoms with Gasteiger partial charge in [0.15, 0.2) is 0 Å². The number of methoxy groups -OCH3 is 1. The van der Waals surface area contributed by atoms with E-state index in [0.29, 0.717) is 22.5 Å². The first-order valence-corrected chi connectivity index (χ1v) is 14.0. The van der Waals surface area contributed by atoms with E-state index in [-0.39, 0.29) is 45.8 Å². The number of amides is 1. The van der Waals surface area contributed by atoms with Crippen LogP contribution in [0, 0.1) is 0 Å². The summed E-state index contributed by atoms with van der Waals surface area (Å²) in [5, 5.41) is 3.40. The predicted molar refractivity (Wildman–Crippen MR) is 143 cm³/mol. The van der Waals surface area contributed by atoms with Crippen LogP contribution in [0.15, 0.2) is 53.6 Å². The minimum absolute atomic E-state index is 0.00898. The van der Waals surface area contributed by atoms with Gasteiger partial charge in [0.25, 0.3) is 5.91 Å². The fourth-order valence-electron chi connectivity index (χ4n) is 4.22. The maximum absolute atomic E-state index is 14.2. The van der Waals surface area contributed by atoms with Crippen LogP contribution < -0.4 is 10.1 Å². The number of hydrogen-bond donors (Lipinski definition) is 1. The summed E-state index contributed by atoms with van der Waals surface area (Å²) in [6.07, 6.45) is 0.349. The molecule has 5 rings (SSSR count). The molecule has 208 valence electrons. The summed E-state index contributed by atoms with van der Waals surface area (Å²) in [4.78, 5) is 25.8. The van der Waals surface area contributed by atoms with Gasteiger partial charge in [-0.2, -0.15) is 0 Å². The lowest BCUT2D eigenvalue weighted by atomic mass is 10.1. The summed E-state index contributed by atoms with van der Waals surface area (Å²) in [5.74, 6) is -0.385. The minimum Gasteiger partial charge on any atom is -0.480 e. The number of pyridine rings is 3. The van der Waals surface area contributed by atoms with Crippen molar-refractivity contribution in [3.8, 4) is 17.1 Å². The molecule has 40 heavy (non-hydrogen) atoms. The van der Waals surface area contributed by atoms with Crippen molar-refractivity contribution in [2.45, 2.75) is 36.6 Å². The summed E-state index contributed by atoms with van der Waals surface area (Å²) in [5.41, 5.74) is 0.227. The monoisotopic (exact) mass is 588 g/mol. The Morgan fingerprint density at radius 1 is 1.23 bits per heavy atom. The molecule has 1 aromatic carbocycles. The number of sulfone groups is 1. The molecule has 4 aromatic rings. The van der Waals surface area contributed by atoms with Crippen molar-refractivity contribution in [2.24, 2.45) is 0 Å². The molecular weight excluding hydrogens is 566 g/mol. The number of rotatable bonds is 6. The van der Waals surface area contributed by atoms with Crippen LogP contribution in [0.2, 0.25) is 5.02 Å². The molecule has 0 radical (unpaired) electrons. The molecule has 2 atom stereocenters. The molecule has 1 aliphatic heterocycles. The molecule has 3 aromatic heterocycles. The van der Waals surface area contributed by atoms with E-state index in [1.165, 1.54) is 20.1 Å². The lowest BCUT2D eigenvalue weighted by Crippen LogP contribution is -2.24. The highest BCUT2D eigenvalue weighted by molar-refractivity contribution is 7.92. The molecule has 0 fully saturated rings. The minimum atomic E-state index is -4.37. The van der Waals surface area contributed by atoms with Gasteiger partial charge in [-0.15, -0.1) is 0 Å². The largest absolute Gasteiger partial charge is 0.480 e. The number of fused-ring (bicyclic) bond motifs is 2. The first kappa shape index (κ1) is 27.8. The number of aromatic nitrogens is 3. The van der Waals surface area contributed by atoms with Crippen LogP contribution in [0.1, 0.15) is 40.4 Å². The molecule has 0 saturated carbocycles. The average Bonchev–Trinajstić information content (AvgIpc) is 3.06. The SMILES string of the molecule is COc1nc([C@H](C)F)ccc1-c1ccc2cnc(CNC(=O)c3cc(Cl)c4c(c3)S(=O)(=O)[C@@H](F)COC4)cc2n1. The van der Waals surface area contributed by atoms with E-state index in [0.717, 1.165) is 11.5 Å². The van der Waals surface area contributed by atoms with Crippen LogP contribution in [0.4, 0.5) is 8.78 Å². The highest BCUT2D eigenvalue weighted by Crippen LogP contribution is 2.33. The van der Waals surface area contributed by atoms with Gasteiger partial charge in [-0.25, -0.2) is 27.2 Å². The number of carbonyl (C=O) groups is 1. The Bertz CT molecular complexity index is 1740. The third-order valence-electron chi connectivity index (χ3n) is 6.37. The second-order valence-electron chi connectivity index (χ2n) is 9.06. The maximum Gasteiger partial charge on any atom is 0.251 e. The molecule has 0 saturated heterocycles. The average molecular weight is 589 g/mol. The predicted octanol–water partition coefficient (Wildman–Crippen LogP) is 4.91. The Morgan fingerprint density at radius 3 is 2.77 bits per heavy atom. The molecule has 0 bridgehead atoms. The number of nitrogens with one attached hydrogen (secondary N) is 1. The van der Waals surface area contributed by atoms with Gasteiger partial charge < -0.3 is 14.8 Å². The van der Waals surface area contributed by atoms with E-state index >= 15 is 0 Å². The first-order valence-electron chi connectivity index (χ1n) is 12.1. The molecule has 0 spiro atoms. The van der Waals surface area contributed by atoms with Gasteiger partial charge in [-0.3, -0.25) is 9.78 Å². The Morgan fingerprint density at radius 2 is 2.02 bits per heavy atom. The van der Waals surface area contributed by atoms with Crippen LogP contribution in [0.25, 0.3) is 22.2 Å². The third kappa shape index (κ3) is 5.34. The Kier molecular flexibility index (Phi) is 7.67. The smallest absolute Gasteiger partial charge is 0.251 e. The van der Waals surface area contributed by atoms with Crippen molar-refractivity contribution < 1.29 is 31.5 Å². The number of halogens is 3. The quantitative estimate of drug-likeness (QED) is 0.337. The Labute approximate surface area is 233 Å². The summed E-state index contributed by atoms with van der Waals surface area (Å²) in [6.45, 7) is 0.572. The first-order chi connectivity index (χ1) is 19.1. The summed E-state index contributed by atoms with van der Waals surface area (Å²) in [7, 11) is -2.93. The fraction of sp³-hybridized carbons (Fsp3) is 0.259. The standard InChI is InChI=1S/C27H23ClF2N4O5S/c1-14(29)21-6-4-18(27(34-21)38-2)22-5-3-15-10-31-17(9-23(15)33-22)11-32-26(35)16-7-20(28)19-12-39-13-25(30)40(36,37)24(19)8-16/h3-10,14,25H,11-13H2,1-2H3,(H,32,35)/t14-,25+/m0/s1. The van der Waals surface area contributed by atoms with Crippen molar-refractivity contribution in [1.82, 2.24) is 20.3 Å². The van der Waals surface area contributed by atoms with Crippen LogP contribution in [0.5, 0.6) is 5.88 Å². The molecule has 9 nitrogen and oxygen atoms in total. The van der Waals surface area contributed by atoms with Crippen molar-refractivity contribution in [2.75, 3.05) is 13.7 Å². The fourth-order valence-corrected chi connectivity index (χ4v) is 5.91. The van der Waals surface area contributed by atoms with E-state index in [1.807, 2.05) is 6.07 Å². The van der Waals surface area contributed by atoms with Crippen molar-refractivity contribution in [3.05, 3.63) is 76.2 Å². The topological polar surface area (TPSA) is 120 Å². The third-order valence-corrected chi connectivity index (χ3v) is 8.50. The number of ether oxygens (including phenoxy) is 2. The molecular formula is C27H23ClF2N4O5S. The number of benzene rings is 1. The summed E-state index contributed by atoms with van der Waals surface area (Å²) >= 11 is 6.23. The molecule has 13 heteroatoms. The van der Waals surface area contributed by atoms with Gasteiger partial charge in [0.2, 0.25) is 21.2 Å². The molecule has 1 aliphatic rings. The molecule has 1 N–H and O–H groups in total. The number of alkyl halides is 2. The zero-order chi connectivity index (χ0) is 28.6. The van der Waals surface area contributed by atoms with Gasteiger partial charge in [-0.1, -0.05) is 11.6 Å². The molecule has 1 amide bonds. The molecule has 4 heterocycles. The van der Waals surface area contributed by atoms with Crippen LogP contribution in [-0.4, -0.2) is 48.5 Å². The molecule has 0 unspecified atom stereocenters. The van der Waals surface area contributed by atoms with E-state index in [4.69, 9.17) is 21.1 Å². The second-order valence-corrected chi connectivity index (χ2v) is 11.5. The Hall–Kier alpha value is -3.74. The van der Waals surface area contributed by atoms with Crippen molar-refractivity contribution >= 4 is 38.2 Å². The van der Waals surface area contributed by atoms with Gasteiger partial charge >= 0.3 is 0 Å². The van der Waals surface area contributed by atoms with Gasteiger partial charge in [0.05, 0.1) is 59.9 Å². The van der Waals surface area contributed by atoms with Gasteiger partial charge in [0, 0.05) is 27.7 Å². The number of nitrogens with zero attached hydrogens (tertiary/aromatic N) is 3. The number of hydrogen-bond acceptors (Lipinski definition) is 8. The van der Waals surface area contributed by atoms with E-state index in [1.54, 1.807) is 30.5 Å². The summed E-state index contributed by atoms with van der Waals surface area (Å²) < 4.78 is 63.5. The zero-order valence-electron chi connectivity index (χ0n) is 21.3. The van der Waals surface area contributed by atoms with Gasteiger partial charge in [-0.05, 0) is 49.4 Å². The van der Waals surface area contributed by atoms with E-state index < -0.39 is 34.0 Å². The second kappa shape index (κ2) is 11.0. The molecule has 0 aliphatic carbocycles. The van der Waals surface area contributed by atoms with Crippen LogP contribution >= 0.6 is 11.6 Å². The lowest BCUT2D eigenvalue weighted by Gasteiger charge is -2.12. The normalized spacial score (nSPS) is 17.1. The van der Waals surface area contributed by atoms with Crippen molar-refractivity contribution in [3.63, 3.8) is 0 Å². The van der Waals surface area contributed by atoms with Crippen LogP contribution in [0.3, 0.4) is 0 Å². The van der Waals surface area contributed by atoms with E-state index in [9.17, 15) is 22.0 Å². The van der Waals surface area contributed by atoms with Crippen molar-refractivity contribution in [1.29, 1.82) is 0 Å². The Balaban J connectivity index is 1.39. The zero-order valence-corrected chi connectivity index (χ0v) is 22.9. The van der Waals surface area contributed by atoms with Crippen LogP contribution in [-0.2, 0) is 27.7 Å². The summed E-state index contributed by atoms with van der Waals surface area (Å²) in [6, 6.07) is 11.0.